The second-order valence-electron chi connectivity index (χ2n) is 2.63. The molecule has 13 heavy (non-hydrogen) atoms. The van der Waals surface area contributed by atoms with Crippen LogP contribution < -0.4 is 4.74 Å². The molecule has 0 N–H and O–H groups in total. The van der Waals surface area contributed by atoms with Gasteiger partial charge in [0.1, 0.15) is 5.52 Å². The van der Waals surface area contributed by atoms with E-state index in [-0.39, 0.29) is 0 Å². The standard InChI is InChI=1S/C8H8BrN3O/c1-12-6-5(11-8(12)9)3-4-10-7(6)13-2/h3-4H,1-2H3. The average molecular weight is 242 g/mol. The van der Waals surface area contributed by atoms with Gasteiger partial charge in [0, 0.05) is 13.2 Å². The van der Waals surface area contributed by atoms with Crippen molar-refractivity contribution in [3.8, 4) is 5.88 Å². The molecule has 5 heteroatoms. The smallest absolute Gasteiger partial charge is 0.239 e. The van der Waals surface area contributed by atoms with Crippen LogP contribution in [-0.2, 0) is 7.05 Å². The third kappa shape index (κ3) is 1.19. The van der Waals surface area contributed by atoms with Crippen molar-refractivity contribution in [1.82, 2.24) is 14.5 Å². The Bertz CT molecular complexity index is 452. The summed E-state index contributed by atoms with van der Waals surface area (Å²) in [6.45, 7) is 0. The first kappa shape index (κ1) is 8.50. The van der Waals surface area contributed by atoms with Crippen LogP contribution in [0, 0.1) is 0 Å². The maximum atomic E-state index is 5.13. The van der Waals surface area contributed by atoms with Crippen LogP contribution in [0.15, 0.2) is 17.0 Å². The number of aryl methyl sites for hydroxylation is 1. The van der Waals surface area contributed by atoms with Gasteiger partial charge in [-0.1, -0.05) is 0 Å². The number of imidazole rings is 1. The highest BCUT2D eigenvalue weighted by atomic mass is 79.9. The van der Waals surface area contributed by atoms with Gasteiger partial charge in [0.05, 0.1) is 12.6 Å². The lowest BCUT2D eigenvalue weighted by atomic mass is 10.4. The van der Waals surface area contributed by atoms with Crippen LogP contribution >= 0.6 is 15.9 Å². The molecule has 0 radical (unpaired) electrons. The molecule has 0 aliphatic rings. The monoisotopic (exact) mass is 241 g/mol. The number of hydrogen-bond acceptors (Lipinski definition) is 3. The maximum absolute atomic E-state index is 5.13. The van der Waals surface area contributed by atoms with Crippen LogP contribution in [0.5, 0.6) is 5.88 Å². The Labute approximate surface area is 83.7 Å². The summed E-state index contributed by atoms with van der Waals surface area (Å²) < 4.78 is 7.79. The van der Waals surface area contributed by atoms with Crippen molar-refractivity contribution in [3.63, 3.8) is 0 Å². The molecule has 4 nitrogen and oxygen atoms in total. The molecule has 0 aliphatic heterocycles. The molecule has 2 rings (SSSR count). The van der Waals surface area contributed by atoms with E-state index in [0.717, 1.165) is 15.8 Å². The van der Waals surface area contributed by atoms with Crippen molar-refractivity contribution < 1.29 is 4.74 Å². The van der Waals surface area contributed by atoms with Gasteiger partial charge in [0.25, 0.3) is 0 Å². The van der Waals surface area contributed by atoms with Crippen molar-refractivity contribution in [3.05, 3.63) is 17.0 Å². The first-order valence-electron chi connectivity index (χ1n) is 3.75. The number of methoxy groups -OCH3 is 1. The molecular weight excluding hydrogens is 234 g/mol. The number of halogens is 1. The molecule has 0 saturated heterocycles. The first-order valence-corrected chi connectivity index (χ1v) is 4.54. The van der Waals surface area contributed by atoms with E-state index in [9.17, 15) is 0 Å². The molecule has 0 unspecified atom stereocenters. The fourth-order valence-corrected chi connectivity index (χ4v) is 1.62. The van der Waals surface area contributed by atoms with Gasteiger partial charge in [-0.3, -0.25) is 0 Å². The second kappa shape index (κ2) is 2.99. The van der Waals surface area contributed by atoms with Crippen molar-refractivity contribution >= 4 is 27.0 Å². The third-order valence-corrected chi connectivity index (χ3v) is 2.60. The highest BCUT2D eigenvalue weighted by molar-refractivity contribution is 9.10. The molecular formula is C8H8BrN3O. The predicted molar refractivity (Wildman–Crippen MR) is 52.8 cm³/mol. The molecule has 0 atom stereocenters. The van der Waals surface area contributed by atoms with Crippen molar-refractivity contribution in [2.45, 2.75) is 0 Å². The molecule has 0 fully saturated rings. The average Bonchev–Trinajstić information content (AvgIpc) is 2.43. The topological polar surface area (TPSA) is 39.9 Å². The fraction of sp³-hybridized carbons (Fsp3) is 0.250. The highest BCUT2D eigenvalue weighted by Gasteiger charge is 2.10. The Hall–Kier alpha value is -1.10. The summed E-state index contributed by atoms with van der Waals surface area (Å²) in [5, 5.41) is 0. The first-order chi connectivity index (χ1) is 6.24. The van der Waals surface area contributed by atoms with E-state index in [4.69, 9.17) is 4.74 Å². The van der Waals surface area contributed by atoms with Gasteiger partial charge in [0.2, 0.25) is 5.88 Å². The molecule has 2 aromatic heterocycles. The number of nitrogens with zero attached hydrogens (tertiary/aromatic N) is 3. The number of rotatable bonds is 1. The summed E-state index contributed by atoms with van der Waals surface area (Å²) in [6.07, 6.45) is 1.68. The zero-order valence-electron chi connectivity index (χ0n) is 7.28. The minimum absolute atomic E-state index is 0.596. The van der Waals surface area contributed by atoms with Gasteiger partial charge >= 0.3 is 0 Å². The fourth-order valence-electron chi connectivity index (χ4n) is 1.25. The Morgan fingerprint density at radius 3 is 3.00 bits per heavy atom. The quantitative estimate of drug-likeness (QED) is 0.764. The van der Waals surface area contributed by atoms with Crippen molar-refractivity contribution in [2.75, 3.05) is 7.11 Å². The summed E-state index contributed by atoms with van der Waals surface area (Å²) >= 11 is 3.34. The zero-order valence-corrected chi connectivity index (χ0v) is 8.87. The largest absolute Gasteiger partial charge is 0.479 e. The van der Waals surface area contributed by atoms with E-state index in [1.807, 2.05) is 17.7 Å². The van der Waals surface area contributed by atoms with Gasteiger partial charge in [0.15, 0.2) is 4.73 Å². The predicted octanol–water partition coefficient (Wildman–Crippen LogP) is 1.74. The van der Waals surface area contributed by atoms with Gasteiger partial charge in [-0.25, -0.2) is 9.97 Å². The Morgan fingerprint density at radius 1 is 1.54 bits per heavy atom. The van der Waals surface area contributed by atoms with Crippen LogP contribution in [0.1, 0.15) is 0 Å². The molecule has 68 valence electrons. The van der Waals surface area contributed by atoms with Gasteiger partial charge < -0.3 is 9.30 Å². The van der Waals surface area contributed by atoms with Gasteiger partial charge in [-0.2, -0.15) is 0 Å². The minimum atomic E-state index is 0.596. The van der Waals surface area contributed by atoms with Crippen molar-refractivity contribution in [2.24, 2.45) is 7.05 Å². The second-order valence-corrected chi connectivity index (χ2v) is 3.34. The van der Waals surface area contributed by atoms with Crippen LogP contribution in [0.4, 0.5) is 0 Å². The number of fused-ring (bicyclic) bond motifs is 1. The SMILES string of the molecule is COc1nccc2nc(Br)n(C)c12. The summed E-state index contributed by atoms with van der Waals surface area (Å²) in [5.74, 6) is 0.596. The minimum Gasteiger partial charge on any atom is -0.479 e. The lowest BCUT2D eigenvalue weighted by Gasteiger charge is -2.01. The third-order valence-electron chi connectivity index (χ3n) is 1.89. The zero-order chi connectivity index (χ0) is 9.42. The summed E-state index contributed by atoms with van der Waals surface area (Å²) in [4.78, 5) is 8.38. The van der Waals surface area contributed by atoms with Crippen LogP contribution in [0.3, 0.4) is 0 Å². The van der Waals surface area contributed by atoms with E-state index >= 15 is 0 Å². The number of ether oxygens (including phenoxy) is 1. The van der Waals surface area contributed by atoms with Crippen LogP contribution in [0.25, 0.3) is 11.0 Å². The van der Waals surface area contributed by atoms with E-state index in [1.54, 1.807) is 13.3 Å². The van der Waals surface area contributed by atoms with Crippen molar-refractivity contribution in [1.29, 1.82) is 0 Å². The van der Waals surface area contributed by atoms with Gasteiger partial charge in [-0.15, -0.1) is 0 Å². The molecule has 2 aromatic rings. The normalized spacial score (nSPS) is 10.7. The Morgan fingerprint density at radius 2 is 2.31 bits per heavy atom. The van der Waals surface area contributed by atoms with E-state index in [2.05, 4.69) is 25.9 Å². The molecule has 0 saturated carbocycles. The molecule has 0 spiro atoms. The lowest BCUT2D eigenvalue weighted by Crippen LogP contribution is -1.93. The van der Waals surface area contributed by atoms with E-state index in [1.165, 1.54) is 0 Å². The highest BCUT2D eigenvalue weighted by Crippen LogP contribution is 2.24. The van der Waals surface area contributed by atoms with E-state index < -0.39 is 0 Å². The number of aromatic nitrogens is 3. The number of hydrogen-bond donors (Lipinski definition) is 0. The Kier molecular flexibility index (Phi) is 1.95. The Balaban J connectivity index is 2.87. The number of pyridine rings is 1. The lowest BCUT2D eigenvalue weighted by molar-refractivity contribution is 0.401. The molecule has 0 bridgehead atoms. The molecule has 0 aliphatic carbocycles. The van der Waals surface area contributed by atoms with Crippen LogP contribution in [-0.4, -0.2) is 21.6 Å². The maximum Gasteiger partial charge on any atom is 0.239 e. The van der Waals surface area contributed by atoms with Crippen LogP contribution in [0.2, 0.25) is 0 Å². The summed E-state index contributed by atoms with van der Waals surface area (Å²) in [7, 11) is 3.51. The van der Waals surface area contributed by atoms with E-state index in [0.29, 0.717) is 5.88 Å². The summed E-state index contributed by atoms with van der Waals surface area (Å²) in [6, 6.07) is 1.85. The molecule has 2 heterocycles. The molecule has 0 amide bonds. The van der Waals surface area contributed by atoms with Gasteiger partial charge in [-0.05, 0) is 22.0 Å². The summed E-state index contributed by atoms with van der Waals surface area (Å²) in [5.41, 5.74) is 1.78. The molecule has 0 aromatic carbocycles.